The molecule has 1 rings (SSSR count). The number of nitrogens with one attached hydrogen (secondary N) is 1. The van der Waals surface area contributed by atoms with Crippen LogP contribution in [0.15, 0.2) is 18.2 Å². The highest BCUT2D eigenvalue weighted by Gasteiger charge is 2.18. The summed E-state index contributed by atoms with van der Waals surface area (Å²) in [6, 6.07) is 5.73. The number of aryl methyl sites for hydroxylation is 1. The average Bonchev–Trinajstić information content (AvgIpc) is 2.35. The first-order valence-electron chi connectivity index (χ1n) is 7.05. The molecule has 20 heavy (non-hydrogen) atoms. The molecule has 1 aromatic carbocycles. The van der Waals surface area contributed by atoms with Crippen molar-refractivity contribution in [1.29, 1.82) is 0 Å². The summed E-state index contributed by atoms with van der Waals surface area (Å²) in [6.45, 7) is 9.91. The van der Waals surface area contributed by atoms with E-state index in [1.165, 1.54) is 0 Å². The number of carbonyl (C=O) groups is 1. The Bertz CT molecular complexity index is 468. The molecule has 0 aliphatic rings. The van der Waals surface area contributed by atoms with Gasteiger partial charge in [0.05, 0.1) is 0 Å². The second kappa shape index (κ2) is 6.75. The van der Waals surface area contributed by atoms with Crippen LogP contribution in [0.2, 0.25) is 0 Å². The molecule has 0 unspecified atom stereocenters. The van der Waals surface area contributed by atoms with Crippen LogP contribution in [0, 0.1) is 6.92 Å². The summed E-state index contributed by atoms with van der Waals surface area (Å²) in [5.41, 5.74) is 7.70. The van der Waals surface area contributed by atoms with Gasteiger partial charge in [0.15, 0.2) is 6.61 Å². The van der Waals surface area contributed by atoms with Gasteiger partial charge in [-0.25, -0.2) is 0 Å². The van der Waals surface area contributed by atoms with Crippen molar-refractivity contribution >= 4 is 5.91 Å². The minimum atomic E-state index is -0.211. The lowest BCUT2D eigenvalue weighted by atomic mass is 10.0. The van der Waals surface area contributed by atoms with Crippen LogP contribution in [0.1, 0.15) is 51.3 Å². The van der Waals surface area contributed by atoms with Crippen molar-refractivity contribution in [2.24, 2.45) is 5.73 Å². The number of nitrogens with two attached hydrogens (primary N) is 1. The Kier molecular flexibility index (Phi) is 5.57. The summed E-state index contributed by atoms with van der Waals surface area (Å²) in [5.74, 6) is 0.568. The van der Waals surface area contributed by atoms with Gasteiger partial charge in [-0.05, 0) is 45.7 Å². The molecule has 1 aromatic rings. The first-order valence-corrected chi connectivity index (χ1v) is 7.05. The fourth-order valence-electron chi connectivity index (χ4n) is 1.79. The normalized spacial score (nSPS) is 12.9. The van der Waals surface area contributed by atoms with Crippen LogP contribution in [0.3, 0.4) is 0 Å². The molecule has 0 heterocycles. The molecule has 0 saturated carbocycles. The number of ether oxygens (including phenoxy) is 1. The maximum Gasteiger partial charge on any atom is 0.258 e. The van der Waals surface area contributed by atoms with E-state index in [9.17, 15) is 4.79 Å². The van der Waals surface area contributed by atoms with Crippen LogP contribution in [0.4, 0.5) is 0 Å². The van der Waals surface area contributed by atoms with Crippen molar-refractivity contribution in [1.82, 2.24) is 5.32 Å². The van der Waals surface area contributed by atoms with E-state index in [1.54, 1.807) is 0 Å². The van der Waals surface area contributed by atoms with E-state index in [4.69, 9.17) is 10.5 Å². The van der Waals surface area contributed by atoms with Crippen molar-refractivity contribution in [2.45, 2.75) is 52.6 Å². The molecule has 0 fully saturated rings. The van der Waals surface area contributed by atoms with Crippen molar-refractivity contribution < 1.29 is 9.53 Å². The average molecular weight is 278 g/mol. The van der Waals surface area contributed by atoms with Crippen LogP contribution in [-0.4, -0.2) is 18.1 Å². The van der Waals surface area contributed by atoms with Gasteiger partial charge < -0.3 is 15.8 Å². The third kappa shape index (κ3) is 4.85. The summed E-state index contributed by atoms with van der Waals surface area (Å²) < 4.78 is 5.64. The second-order valence-corrected chi connectivity index (χ2v) is 5.90. The number of hydrogen-bond acceptors (Lipinski definition) is 3. The molecule has 0 bridgehead atoms. The lowest BCUT2D eigenvalue weighted by molar-refractivity contribution is -0.124. The monoisotopic (exact) mass is 278 g/mol. The van der Waals surface area contributed by atoms with Crippen LogP contribution in [-0.2, 0) is 4.79 Å². The van der Waals surface area contributed by atoms with E-state index in [-0.39, 0.29) is 24.1 Å². The van der Waals surface area contributed by atoms with Crippen molar-refractivity contribution in [2.75, 3.05) is 6.61 Å². The molecule has 0 saturated heterocycles. The molecule has 1 atom stereocenters. The molecule has 1 amide bonds. The molecule has 0 aliphatic carbocycles. The quantitative estimate of drug-likeness (QED) is 0.841. The van der Waals surface area contributed by atoms with E-state index < -0.39 is 0 Å². The van der Waals surface area contributed by atoms with E-state index >= 15 is 0 Å². The van der Waals surface area contributed by atoms with E-state index in [2.05, 4.69) is 5.32 Å². The highest BCUT2D eigenvalue weighted by atomic mass is 16.5. The zero-order chi connectivity index (χ0) is 15.3. The zero-order valence-electron chi connectivity index (χ0n) is 13.1. The highest BCUT2D eigenvalue weighted by molar-refractivity contribution is 5.78. The fourth-order valence-corrected chi connectivity index (χ4v) is 1.79. The standard InChI is InChI=1S/C16H26N2O2/c1-6-16(4,5)18-15(19)10-20-14-9-11(2)7-8-13(14)12(3)17/h7-9,12H,6,10,17H2,1-5H3,(H,18,19)/t12-/m1/s1. The fraction of sp³-hybridized carbons (Fsp3) is 0.562. The van der Waals surface area contributed by atoms with Crippen LogP contribution in [0.5, 0.6) is 5.75 Å². The summed E-state index contributed by atoms with van der Waals surface area (Å²) >= 11 is 0. The van der Waals surface area contributed by atoms with Gasteiger partial charge in [-0.2, -0.15) is 0 Å². The van der Waals surface area contributed by atoms with Gasteiger partial charge in [0.25, 0.3) is 5.91 Å². The molecule has 0 aliphatic heterocycles. The molecule has 3 N–H and O–H groups in total. The Hall–Kier alpha value is -1.55. The maximum absolute atomic E-state index is 11.9. The number of carbonyl (C=O) groups excluding carboxylic acids is 1. The first kappa shape index (κ1) is 16.5. The number of rotatable bonds is 6. The van der Waals surface area contributed by atoms with Gasteiger partial charge in [0.1, 0.15) is 5.75 Å². The van der Waals surface area contributed by atoms with E-state index in [0.717, 1.165) is 17.5 Å². The largest absolute Gasteiger partial charge is 0.483 e. The molecule has 0 radical (unpaired) electrons. The summed E-state index contributed by atoms with van der Waals surface area (Å²) in [7, 11) is 0. The Balaban J connectivity index is 2.70. The summed E-state index contributed by atoms with van der Waals surface area (Å²) in [5, 5.41) is 2.94. The van der Waals surface area contributed by atoms with Crippen LogP contribution >= 0.6 is 0 Å². The topological polar surface area (TPSA) is 64.3 Å². The van der Waals surface area contributed by atoms with Gasteiger partial charge in [0.2, 0.25) is 0 Å². The van der Waals surface area contributed by atoms with Crippen molar-refractivity contribution in [3.05, 3.63) is 29.3 Å². The Labute approximate surface area is 121 Å². The van der Waals surface area contributed by atoms with Crippen LogP contribution < -0.4 is 15.8 Å². The third-order valence-electron chi connectivity index (χ3n) is 3.38. The Morgan fingerprint density at radius 1 is 1.45 bits per heavy atom. The predicted octanol–water partition coefficient (Wildman–Crippen LogP) is 2.70. The van der Waals surface area contributed by atoms with E-state index in [1.807, 2.05) is 52.8 Å². The second-order valence-electron chi connectivity index (χ2n) is 5.90. The SMILES string of the molecule is CCC(C)(C)NC(=O)COc1cc(C)ccc1[C@@H](C)N. The Morgan fingerprint density at radius 3 is 2.65 bits per heavy atom. The number of benzene rings is 1. The number of hydrogen-bond donors (Lipinski definition) is 2. The molecule has 112 valence electrons. The van der Waals surface area contributed by atoms with Gasteiger partial charge in [-0.3, -0.25) is 4.79 Å². The van der Waals surface area contributed by atoms with Crippen molar-refractivity contribution in [3.8, 4) is 5.75 Å². The molecule has 0 spiro atoms. The van der Waals surface area contributed by atoms with Gasteiger partial charge in [-0.1, -0.05) is 19.1 Å². The smallest absolute Gasteiger partial charge is 0.258 e. The molecule has 4 nitrogen and oxygen atoms in total. The lowest BCUT2D eigenvalue weighted by Crippen LogP contribution is -2.44. The van der Waals surface area contributed by atoms with E-state index in [0.29, 0.717) is 5.75 Å². The number of amides is 1. The summed E-state index contributed by atoms with van der Waals surface area (Å²) in [6.07, 6.45) is 0.869. The molecule has 4 heteroatoms. The van der Waals surface area contributed by atoms with Crippen LogP contribution in [0.25, 0.3) is 0 Å². The minimum absolute atomic E-state index is 0.00655. The third-order valence-corrected chi connectivity index (χ3v) is 3.38. The minimum Gasteiger partial charge on any atom is -0.483 e. The van der Waals surface area contributed by atoms with Crippen molar-refractivity contribution in [3.63, 3.8) is 0 Å². The molecular formula is C16H26N2O2. The zero-order valence-corrected chi connectivity index (χ0v) is 13.1. The van der Waals surface area contributed by atoms with Gasteiger partial charge >= 0.3 is 0 Å². The predicted molar refractivity (Wildman–Crippen MR) is 81.8 cm³/mol. The lowest BCUT2D eigenvalue weighted by Gasteiger charge is -2.24. The molecular weight excluding hydrogens is 252 g/mol. The maximum atomic E-state index is 11.9. The highest BCUT2D eigenvalue weighted by Crippen LogP contribution is 2.25. The summed E-state index contributed by atoms with van der Waals surface area (Å²) in [4.78, 5) is 11.9. The van der Waals surface area contributed by atoms with Gasteiger partial charge in [-0.15, -0.1) is 0 Å². The first-order chi connectivity index (χ1) is 9.25. The Morgan fingerprint density at radius 2 is 2.10 bits per heavy atom. The molecule has 0 aromatic heterocycles. The van der Waals surface area contributed by atoms with Gasteiger partial charge in [0, 0.05) is 17.1 Å².